The predicted octanol–water partition coefficient (Wildman–Crippen LogP) is 9.06. The lowest BCUT2D eigenvalue weighted by molar-refractivity contribution is 0.764. The Kier molecular flexibility index (Phi) is 6.27. The molecule has 5 aromatic rings. The second-order valence-electron chi connectivity index (χ2n) is 11.4. The average molecular weight is 545 g/mol. The fourth-order valence-electron chi connectivity index (χ4n) is 7.24. The molecule has 1 fully saturated rings. The normalized spacial score (nSPS) is 21.5. The summed E-state index contributed by atoms with van der Waals surface area (Å²) >= 11 is 2.14. The van der Waals surface area contributed by atoms with Gasteiger partial charge in [0, 0.05) is 16.4 Å². The first-order valence-electron chi connectivity index (χ1n) is 14.8. The van der Waals surface area contributed by atoms with Crippen LogP contribution in [-0.2, 0) is 0 Å². The molecule has 2 aliphatic carbocycles. The molecule has 41 heavy (non-hydrogen) atoms. The molecule has 8 rings (SSSR count). The van der Waals surface area contributed by atoms with E-state index in [2.05, 4.69) is 151 Å². The van der Waals surface area contributed by atoms with Crippen LogP contribution in [0.2, 0.25) is 0 Å². The standard InChI is InChI=1S/C40H32S/c1-2-13-28(14-3-1)37-24-25-38(41-37)29-16-10-17-30(26-29)39-33-19-6-8-21-35(33)40(36-22-9-7-20-34(36)39)32-23-11-15-27-12-4-5-18-31(27)32/h1-19,21-23,26,34,37-38H,20,24-25H2. The summed E-state index contributed by atoms with van der Waals surface area (Å²) in [5.41, 5.74) is 9.96. The Bertz CT molecular complexity index is 1950. The van der Waals surface area contributed by atoms with E-state index in [4.69, 9.17) is 0 Å². The van der Waals surface area contributed by atoms with Crippen LogP contribution in [0.3, 0.4) is 0 Å². The Hall–Kier alpha value is -4.07. The van der Waals surface area contributed by atoms with Crippen molar-refractivity contribution >= 4 is 33.7 Å². The fraction of sp³-hybridized carbons (Fsp3) is 0.150. The molecule has 0 nitrogen and oxygen atoms in total. The molecule has 0 amide bonds. The first-order valence-corrected chi connectivity index (χ1v) is 15.8. The number of benzene rings is 5. The zero-order valence-corrected chi connectivity index (χ0v) is 23.9. The summed E-state index contributed by atoms with van der Waals surface area (Å²) in [6.45, 7) is 0. The van der Waals surface area contributed by atoms with Gasteiger partial charge in [-0.25, -0.2) is 0 Å². The first-order chi connectivity index (χ1) is 20.3. The Morgan fingerprint density at radius 3 is 2.22 bits per heavy atom. The summed E-state index contributed by atoms with van der Waals surface area (Å²) in [5, 5.41) is 6.48. The Morgan fingerprint density at radius 1 is 0.610 bits per heavy atom. The molecule has 0 radical (unpaired) electrons. The maximum absolute atomic E-state index is 2.51. The second kappa shape index (κ2) is 10.4. The van der Waals surface area contributed by atoms with Crippen molar-refractivity contribution in [1.82, 2.24) is 0 Å². The van der Waals surface area contributed by atoms with Crippen molar-refractivity contribution in [2.24, 2.45) is 5.92 Å². The lowest BCUT2D eigenvalue weighted by Crippen LogP contribution is -2.37. The molecule has 0 aromatic heterocycles. The predicted molar refractivity (Wildman–Crippen MR) is 175 cm³/mol. The van der Waals surface area contributed by atoms with Crippen molar-refractivity contribution < 1.29 is 0 Å². The number of hydrogen-bond donors (Lipinski definition) is 0. The summed E-state index contributed by atoms with van der Waals surface area (Å²) in [7, 11) is 0. The van der Waals surface area contributed by atoms with E-state index in [0.29, 0.717) is 16.4 Å². The molecule has 3 atom stereocenters. The average Bonchev–Trinajstić information content (AvgIpc) is 3.55. The number of fused-ring (bicyclic) bond motifs is 3. The maximum Gasteiger partial charge on any atom is 0.0304 e. The molecule has 1 heteroatoms. The highest BCUT2D eigenvalue weighted by atomic mass is 32.2. The van der Waals surface area contributed by atoms with Gasteiger partial charge < -0.3 is 0 Å². The topological polar surface area (TPSA) is 0 Å². The SMILES string of the molecule is C1=CCC2C(=C1)C(c1cccc3ccccc13)=c1ccccc1=C2c1cccc(C2CCC(c3ccccc3)S2)c1. The molecular formula is C40H32S. The van der Waals surface area contributed by atoms with Crippen molar-refractivity contribution in [2.45, 2.75) is 29.8 Å². The second-order valence-corrected chi connectivity index (χ2v) is 12.8. The third-order valence-corrected chi connectivity index (χ3v) is 10.8. The maximum atomic E-state index is 2.51. The van der Waals surface area contributed by atoms with E-state index in [1.54, 1.807) is 0 Å². The van der Waals surface area contributed by atoms with Crippen molar-refractivity contribution in [3.8, 4) is 0 Å². The minimum Gasteiger partial charge on any atom is -0.146 e. The number of thioether (sulfide) groups is 1. The third kappa shape index (κ3) is 4.31. The molecule has 0 bridgehead atoms. The zero-order chi connectivity index (χ0) is 27.2. The number of rotatable bonds is 4. The van der Waals surface area contributed by atoms with Crippen LogP contribution >= 0.6 is 11.8 Å². The summed E-state index contributed by atoms with van der Waals surface area (Å²) in [6, 6.07) is 45.2. The summed E-state index contributed by atoms with van der Waals surface area (Å²) in [6.07, 6.45) is 10.5. The van der Waals surface area contributed by atoms with E-state index in [1.807, 2.05) is 0 Å². The van der Waals surface area contributed by atoms with E-state index in [1.165, 1.54) is 73.0 Å². The lowest BCUT2D eigenvalue weighted by Gasteiger charge is -2.31. The third-order valence-electron chi connectivity index (χ3n) is 9.10. The molecule has 1 saturated heterocycles. The van der Waals surface area contributed by atoms with Crippen LogP contribution in [0.5, 0.6) is 0 Å². The van der Waals surface area contributed by atoms with E-state index in [0.717, 1.165) is 6.42 Å². The molecule has 5 aromatic carbocycles. The van der Waals surface area contributed by atoms with Gasteiger partial charge in [0.2, 0.25) is 0 Å². The van der Waals surface area contributed by atoms with Gasteiger partial charge >= 0.3 is 0 Å². The molecule has 1 aliphatic heterocycles. The molecule has 0 spiro atoms. The van der Waals surface area contributed by atoms with Gasteiger partial charge in [0.25, 0.3) is 0 Å². The van der Waals surface area contributed by atoms with E-state index in [-0.39, 0.29) is 0 Å². The van der Waals surface area contributed by atoms with Gasteiger partial charge in [-0.15, -0.1) is 11.8 Å². The fourth-order valence-corrected chi connectivity index (χ4v) is 8.80. The number of hydrogen-bond acceptors (Lipinski definition) is 1. The lowest BCUT2D eigenvalue weighted by atomic mass is 9.72. The molecule has 3 aliphatic rings. The Labute approximate surface area is 246 Å². The zero-order valence-electron chi connectivity index (χ0n) is 23.0. The highest BCUT2D eigenvalue weighted by molar-refractivity contribution is 8.00. The largest absolute Gasteiger partial charge is 0.146 e. The quantitative estimate of drug-likeness (QED) is 0.217. The monoisotopic (exact) mass is 544 g/mol. The first kappa shape index (κ1) is 24.7. The summed E-state index contributed by atoms with van der Waals surface area (Å²) in [4.78, 5) is 0. The van der Waals surface area contributed by atoms with Crippen molar-refractivity contribution in [3.05, 3.63) is 178 Å². The molecule has 0 N–H and O–H groups in total. The number of allylic oxidation sites excluding steroid dienone is 4. The molecular weight excluding hydrogens is 513 g/mol. The highest BCUT2D eigenvalue weighted by Gasteiger charge is 2.31. The minimum atomic E-state index is 0.340. The molecule has 3 unspecified atom stereocenters. The van der Waals surface area contributed by atoms with Crippen LogP contribution < -0.4 is 10.4 Å². The van der Waals surface area contributed by atoms with Crippen LogP contribution in [0.25, 0.3) is 21.9 Å². The van der Waals surface area contributed by atoms with Crippen LogP contribution in [0, 0.1) is 5.92 Å². The van der Waals surface area contributed by atoms with Gasteiger partial charge in [-0.05, 0) is 79.4 Å². The minimum absolute atomic E-state index is 0.340. The van der Waals surface area contributed by atoms with E-state index in [9.17, 15) is 0 Å². The van der Waals surface area contributed by atoms with Gasteiger partial charge in [-0.1, -0.05) is 140 Å². The Morgan fingerprint density at radius 2 is 1.32 bits per heavy atom. The highest BCUT2D eigenvalue weighted by Crippen LogP contribution is 2.53. The van der Waals surface area contributed by atoms with E-state index < -0.39 is 0 Å². The van der Waals surface area contributed by atoms with Gasteiger partial charge in [0.15, 0.2) is 0 Å². The molecule has 0 saturated carbocycles. The van der Waals surface area contributed by atoms with E-state index >= 15 is 0 Å². The van der Waals surface area contributed by atoms with Gasteiger partial charge in [-0.3, -0.25) is 0 Å². The Balaban J connectivity index is 1.30. The summed E-state index contributed by atoms with van der Waals surface area (Å²) in [5.74, 6) is 0.340. The van der Waals surface area contributed by atoms with Crippen LogP contribution in [-0.4, -0.2) is 0 Å². The van der Waals surface area contributed by atoms with Crippen LogP contribution in [0.15, 0.2) is 145 Å². The van der Waals surface area contributed by atoms with Gasteiger partial charge in [0.05, 0.1) is 0 Å². The molecule has 198 valence electrons. The van der Waals surface area contributed by atoms with Crippen LogP contribution in [0.4, 0.5) is 0 Å². The van der Waals surface area contributed by atoms with Gasteiger partial charge in [-0.2, -0.15) is 0 Å². The molecule has 1 heterocycles. The van der Waals surface area contributed by atoms with Crippen molar-refractivity contribution in [3.63, 3.8) is 0 Å². The van der Waals surface area contributed by atoms with Crippen molar-refractivity contribution in [2.75, 3.05) is 0 Å². The van der Waals surface area contributed by atoms with Gasteiger partial charge in [0.1, 0.15) is 0 Å². The summed E-state index contributed by atoms with van der Waals surface area (Å²) < 4.78 is 0. The van der Waals surface area contributed by atoms with Crippen LogP contribution in [0.1, 0.15) is 52.0 Å². The smallest absolute Gasteiger partial charge is 0.0304 e. The van der Waals surface area contributed by atoms with Crippen molar-refractivity contribution in [1.29, 1.82) is 0 Å².